The average molecular weight is 356 g/mol. The van der Waals surface area contributed by atoms with E-state index in [9.17, 15) is 13.2 Å². The van der Waals surface area contributed by atoms with Crippen LogP contribution >= 0.6 is 11.6 Å². The van der Waals surface area contributed by atoms with Gasteiger partial charge in [0.05, 0.1) is 17.7 Å². The number of ether oxygens (including phenoxy) is 1. The van der Waals surface area contributed by atoms with Gasteiger partial charge in [-0.2, -0.15) is 0 Å². The van der Waals surface area contributed by atoms with E-state index < -0.39 is 22.5 Å². The zero-order valence-corrected chi connectivity index (χ0v) is 13.7. The van der Waals surface area contributed by atoms with Crippen LogP contribution in [0.15, 0.2) is 53.4 Å². The molecule has 0 radical (unpaired) electrons. The van der Waals surface area contributed by atoms with Crippen LogP contribution < -0.4 is 9.04 Å². The Bertz CT molecular complexity index is 805. The number of carbonyl (C=O) groups is 1. The summed E-state index contributed by atoms with van der Waals surface area (Å²) in [4.78, 5) is 11.0. The summed E-state index contributed by atoms with van der Waals surface area (Å²) >= 11 is 5.88. The molecule has 1 N–H and O–H groups in total. The van der Waals surface area contributed by atoms with Crippen molar-refractivity contribution in [2.24, 2.45) is 0 Å². The molecule has 0 aliphatic heterocycles. The molecular formula is C15H14ClNO5S. The molecule has 23 heavy (non-hydrogen) atoms. The van der Waals surface area contributed by atoms with E-state index in [4.69, 9.17) is 21.4 Å². The number of hydrogen-bond acceptors (Lipinski definition) is 4. The van der Waals surface area contributed by atoms with Crippen LogP contribution in [0, 0.1) is 0 Å². The topological polar surface area (TPSA) is 83.9 Å². The molecule has 0 aliphatic rings. The minimum Gasteiger partial charge on any atom is -0.497 e. The van der Waals surface area contributed by atoms with Gasteiger partial charge in [0.15, 0.2) is 0 Å². The molecule has 2 aromatic rings. The SMILES string of the molecule is COc1ccc(S(=O)(=O)N(CC(=O)O)c2cccc(Cl)c2)cc1. The molecule has 0 atom stereocenters. The number of hydrogen-bond donors (Lipinski definition) is 1. The fourth-order valence-electron chi connectivity index (χ4n) is 1.94. The lowest BCUT2D eigenvalue weighted by molar-refractivity contribution is -0.135. The Morgan fingerprint density at radius 1 is 1.22 bits per heavy atom. The molecule has 0 aliphatic carbocycles. The van der Waals surface area contributed by atoms with E-state index in [0.717, 1.165) is 4.31 Å². The number of anilines is 1. The van der Waals surface area contributed by atoms with Crippen LogP contribution in [0.2, 0.25) is 5.02 Å². The van der Waals surface area contributed by atoms with Crippen LogP contribution in [-0.2, 0) is 14.8 Å². The molecule has 122 valence electrons. The zero-order chi connectivity index (χ0) is 17.0. The molecule has 0 aromatic heterocycles. The highest BCUT2D eigenvalue weighted by Gasteiger charge is 2.27. The summed E-state index contributed by atoms with van der Waals surface area (Å²) in [5.74, 6) is -0.779. The average Bonchev–Trinajstić information content (AvgIpc) is 2.52. The number of nitrogens with zero attached hydrogens (tertiary/aromatic N) is 1. The predicted molar refractivity (Wildman–Crippen MR) is 86.6 cm³/mol. The second-order valence-corrected chi connectivity index (χ2v) is 6.86. The minimum atomic E-state index is -4.05. The van der Waals surface area contributed by atoms with Crippen LogP contribution in [-0.4, -0.2) is 33.1 Å². The molecule has 2 rings (SSSR count). The van der Waals surface area contributed by atoms with E-state index in [2.05, 4.69) is 0 Å². The van der Waals surface area contributed by atoms with E-state index in [-0.39, 0.29) is 10.6 Å². The summed E-state index contributed by atoms with van der Waals surface area (Å²) in [6.45, 7) is -0.714. The second-order valence-electron chi connectivity index (χ2n) is 4.56. The van der Waals surface area contributed by atoms with Crippen molar-refractivity contribution >= 4 is 33.3 Å². The first-order valence-corrected chi connectivity index (χ1v) is 8.30. The lowest BCUT2D eigenvalue weighted by atomic mass is 10.3. The van der Waals surface area contributed by atoms with Gasteiger partial charge in [-0.05, 0) is 42.5 Å². The Labute approximate surface area is 138 Å². The van der Waals surface area contributed by atoms with Crippen LogP contribution in [0.5, 0.6) is 5.75 Å². The number of methoxy groups -OCH3 is 1. The third-order valence-corrected chi connectivity index (χ3v) is 5.05. The molecule has 0 spiro atoms. The number of sulfonamides is 1. The van der Waals surface area contributed by atoms with Gasteiger partial charge in [-0.15, -0.1) is 0 Å². The lowest BCUT2D eigenvalue weighted by Crippen LogP contribution is -2.35. The van der Waals surface area contributed by atoms with Gasteiger partial charge in [-0.1, -0.05) is 17.7 Å². The quantitative estimate of drug-likeness (QED) is 0.861. The fourth-order valence-corrected chi connectivity index (χ4v) is 3.53. The van der Waals surface area contributed by atoms with Crippen LogP contribution in [0.4, 0.5) is 5.69 Å². The number of aliphatic carboxylic acids is 1. The summed E-state index contributed by atoms with van der Waals surface area (Å²) in [5, 5.41) is 9.36. The Kier molecular flexibility index (Phi) is 5.12. The number of rotatable bonds is 6. The smallest absolute Gasteiger partial charge is 0.324 e. The van der Waals surface area contributed by atoms with Crippen molar-refractivity contribution in [2.75, 3.05) is 18.0 Å². The first-order valence-electron chi connectivity index (χ1n) is 6.49. The molecule has 2 aromatic carbocycles. The molecule has 0 bridgehead atoms. The summed E-state index contributed by atoms with van der Waals surface area (Å²) < 4.78 is 31.3. The van der Waals surface area contributed by atoms with Gasteiger partial charge in [0.1, 0.15) is 12.3 Å². The third-order valence-electron chi connectivity index (χ3n) is 3.02. The van der Waals surface area contributed by atoms with E-state index >= 15 is 0 Å². The Morgan fingerprint density at radius 2 is 1.87 bits per heavy atom. The Balaban J connectivity index is 2.50. The maximum atomic E-state index is 12.8. The van der Waals surface area contributed by atoms with Crippen molar-refractivity contribution in [1.82, 2.24) is 0 Å². The molecule has 0 saturated heterocycles. The van der Waals surface area contributed by atoms with Crippen molar-refractivity contribution in [1.29, 1.82) is 0 Å². The summed E-state index contributed by atoms with van der Waals surface area (Å²) in [6.07, 6.45) is 0. The Morgan fingerprint density at radius 3 is 2.39 bits per heavy atom. The monoisotopic (exact) mass is 355 g/mol. The standard InChI is InChI=1S/C15H14ClNO5S/c1-22-13-5-7-14(8-6-13)23(20,21)17(10-15(18)19)12-4-2-3-11(16)9-12/h2-9H,10H2,1H3,(H,18,19). The molecule has 8 heteroatoms. The maximum absolute atomic E-state index is 12.8. The molecule has 6 nitrogen and oxygen atoms in total. The summed E-state index contributed by atoms with van der Waals surface area (Å²) in [7, 11) is -2.59. The van der Waals surface area contributed by atoms with Crippen LogP contribution in [0.3, 0.4) is 0 Å². The zero-order valence-electron chi connectivity index (χ0n) is 12.1. The Hall–Kier alpha value is -2.25. The van der Waals surface area contributed by atoms with E-state index in [1.54, 1.807) is 12.1 Å². The normalized spacial score (nSPS) is 11.0. The van der Waals surface area contributed by atoms with E-state index in [1.807, 2.05) is 0 Å². The number of benzene rings is 2. The number of halogens is 1. The van der Waals surface area contributed by atoms with Crippen LogP contribution in [0.1, 0.15) is 0 Å². The molecule has 0 saturated carbocycles. The second kappa shape index (κ2) is 6.89. The van der Waals surface area contributed by atoms with Gasteiger partial charge in [0.25, 0.3) is 10.0 Å². The number of carboxylic acids is 1. The molecular weight excluding hydrogens is 342 g/mol. The lowest BCUT2D eigenvalue weighted by Gasteiger charge is -2.23. The summed E-state index contributed by atoms with van der Waals surface area (Å²) in [6, 6.07) is 11.7. The highest BCUT2D eigenvalue weighted by atomic mass is 35.5. The van der Waals surface area contributed by atoms with Gasteiger partial charge < -0.3 is 9.84 Å². The first-order chi connectivity index (χ1) is 10.8. The van der Waals surface area contributed by atoms with Gasteiger partial charge >= 0.3 is 5.97 Å². The number of carboxylic acid groups (broad SMARTS) is 1. The molecule has 0 unspecified atom stereocenters. The van der Waals surface area contributed by atoms with Crippen molar-refractivity contribution < 1.29 is 23.1 Å². The largest absolute Gasteiger partial charge is 0.497 e. The van der Waals surface area contributed by atoms with Crippen molar-refractivity contribution in [3.8, 4) is 5.75 Å². The van der Waals surface area contributed by atoms with E-state index in [0.29, 0.717) is 10.8 Å². The van der Waals surface area contributed by atoms with Crippen molar-refractivity contribution in [3.05, 3.63) is 53.6 Å². The first kappa shape index (κ1) is 17.1. The fraction of sp³-hybridized carbons (Fsp3) is 0.133. The molecule has 0 heterocycles. The maximum Gasteiger partial charge on any atom is 0.324 e. The van der Waals surface area contributed by atoms with E-state index in [1.165, 1.54) is 43.5 Å². The highest BCUT2D eigenvalue weighted by Crippen LogP contribution is 2.26. The van der Waals surface area contributed by atoms with Gasteiger partial charge in [-0.25, -0.2) is 8.42 Å². The molecule has 0 amide bonds. The minimum absolute atomic E-state index is 0.0421. The third kappa shape index (κ3) is 3.94. The predicted octanol–water partition coefficient (Wildman–Crippen LogP) is 2.63. The van der Waals surface area contributed by atoms with Crippen molar-refractivity contribution in [3.63, 3.8) is 0 Å². The summed E-state index contributed by atoms with van der Waals surface area (Å²) in [5.41, 5.74) is 0.177. The van der Waals surface area contributed by atoms with Gasteiger partial charge in [-0.3, -0.25) is 9.10 Å². The van der Waals surface area contributed by atoms with Crippen molar-refractivity contribution in [2.45, 2.75) is 4.90 Å². The van der Waals surface area contributed by atoms with Crippen LogP contribution in [0.25, 0.3) is 0 Å². The highest BCUT2D eigenvalue weighted by molar-refractivity contribution is 7.92. The van der Waals surface area contributed by atoms with Gasteiger partial charge in [0.2, 0.25) is 0 Å². The molecule has 0 fully saturated rings. The van der Waals surface area contributed by atoms with Gasteiger partial charge in [0, 0.05) is 5.02 Å².